The van der Waals surface area contributed by atoms with Crippen LogP contribution in [0.1, 0.15) is 39.7 Å². The van der Waals surface area contributed by atoms with Crippen LogP contribution in [0.2, 0.25) is 0 Å². The summed E-state index contributed by atoms with van der Waals surface area (Å²) in [6, 6.07) is 10.6. The molecule has 1 aromatic rings. The van der Waals surface area contributed by atoms with E-state index < -0.39 is 0 Å². The molecule has 1 aromatic carbocycles. The van der Waals surface area contributed by atoms with Gasteiger partial charge in [0.2, 0.25) is 5.91 Å². The Balaban J connectivity index is 2.06. The summed E-state index contributed by atoms with van der Waals surface area (Å²) in [6.07, 6.45) is 0.934. The maximum absolute atomic E-state index is 12.5. The monoisotopic (exact) mass is 288 g/mol. The van der Waals surface area contributed by atoms with Crippen LogP contribution in [0, 0.1) is 11.8 Å². The number of rotatable bonds is 6. The Morgan fingerprint density at radius 2 is 1.95 bits per heavy atom. The molecule has 1 aliphatic heterocycles. The Morgan fingerprint density at radius 3 is 2.43 bits per heavy atom. The van der Waals surface area contributed by atoms with Crippen molar-refractivity contribution in [3.63, 3.8) is 0 Å². The van der Waals surface area contributed by atoms with Crippen LogP contribution in [0.15, 0.2) is 30.3 Å². The highest BCUT2D eigenvalue weighted by Gasteiger charge is 2.34. The number of carbonyl (C=O) groups excluding carboxylic acids is 1. The molecular formula is C18H28N2O. The van der Waals surface area contributed by atoms with Crippen LogP contribution in [-0.4, -0.2) is 25.0 Å². The minimum Gasteiger partial charge on any atom is -0.352 e. The van der Waals surface area contributed by atoms with Crippen LogP contribution in [0.5, 0.6) is 0 Å². The van der Waals surface area contributed by atoms with Gasteiger partial charge in [0.15, 0.2) is 0 Å². The molecule has 0 aromatic heterocycles. The molecule has 3 nitrogen and oxygen atoms in total. The Hall–Kier alpha value is -1.35. The van der Waals surface area contributed by atoms with Crippen molar-refractivity contribution in [1.29, 1.82) is 0 Å². The van der Waals surface area contributed by atoms with Crippen LogP contribution in [0.4, 0.5) is 0 Å². The molecule has 0 saturated carbocycles. The average Bonchev–Trinajstić information content (AvgIpc) is 2.43. The van der Waals surface area contributed by atoms with Crippen LogP contribution >= 0.6 is 0 Å². The molecule has 2 rings (SSSR count). The number of benzene rings is 1. The molecular weight excluding hydrogens is 260 g/mol. The quantitative estimate of drug-likeness (QED) is 0.845. The van der Waals surface area contributed by atoms with E-state index in [2.05, 4.69) is 55.7 Å². The second kappa shape index (κ2) is 6.61. The van der Waals surface area contributed by atoms with E-state index in [9.17, 15) is 4.79 Å². The topological polar surface area (TPSA) is 41.1 Å². The lowest BCUT2D eigenvalue weighted by atomic mass is 9.76. The zero-order chi connectivity index (χ0) is 15.5. The Morgan fingerprint density at radius 1 is 1.33 bits per heavy atom. The van der Waals surface area contributed by atoms with Crippen molar-refractivity contribution in [1.82, 2.24) is 10.6 Å². The summed E-state index contributed by atoms with van der Waals surface area (Å²) in [5.41, 5.74) is 1.21. The predicted octanol–water partition coefficient (Wildman–Crippen LogP) is 2.71. The SMILES string of the molecule is CCC(NC(=O)C(C)C1CNC1)C(C)(C)c1ccccc1. The minimum atomic E-state index is -0.0662. The van der Waals surface area contributed by atoms with Crippen molar-refractivity contribution < 1.29 is 4.79 Å². The lowest BCUT2D eigenvalue weighted by Gasteiger charge is -2.38. The van der Waals surface area contributed by atoms with Gasteiger partial charge < -0.3 is 10.6 Å². The predicted molar refractivity (Wildman–Crippen MR) is 87.2 cm³/mol. The lowest BCUT2D eigenvalue weighted by Crippen LogP contribution is -2.53. The van der Waals surface area contributed by atoms with Gasteiger partial charge >= 0.3 is 0 Å². The minimum absolute atomic E-state index is 0.0662. The highest BCUT2D eigenvalue weighted by Crippen LogP contribution is 2.29. The molecule has 0 radical (unpaired) electrons. The molecule has 3 heteroatoms. The van der Waals surface area contributed by atoms with Crippen molar-refractivity contribution in [2.75, 3.05) is 13.1 Å². The first kappa shape index (κ1) is 16.0. The summed E-state index contributed by atoms with van der Waals surface area (Å²) in [5.74, 6) is 0.770. The molecule has 116 valence electrons. The second-order valence-electron chi connectivity index (χ2n) is 6.76. The van der Waals surface area contributed by atoms with E-state index in [0.29, 0.717) is 5.92 Å². The molecule has 0 spiro atoms. The van der Waals surface area contributed by atoms with E-state index >= 15 is 0 Å². The zero-order valence-electron chi connectivity index (χ0n) is 13.6. The standard InChI is InChI=1S/C18H28N2O/c1-5-16(18(3,4)15-9-7-6-8-10-15)20-17(21)13(2)14-11-19-12-14/h6-10,13-14,16,19H,5,11-12H2,1-4H3,(H,20,21). The van der Waals surface area contributed by atoms with Gasteiger partial charge in [-0.3, -0.25) is 4.79 Å². The molecule has 2 atom stereocenters. The van der Waals surface area contributed by atoms with E-state index in [4.69, 9.17) is 0 Å². The van der Waals surface area contributed by atoms with Crippen molar-refractivity contribution in [3.05, 3.63) is 35.9 Å². The number of nitrogens with one attached hydrogen (secondary N) is 2. The fourth-order valence-corrected chi connectivity index (χ4v) is 3.04. The first-order chi connectivity index (χ1) is 9.96. The largest absolute Gasteiger partial charge is 0.352 e. The molecule has 21 heavy (non-hydrogen) atoms. The van der Waals surface area contributed by atoms with Crippen LogP contribution < -0.4 is 10.6 Å². The molecule has 1 aliphatic rings. The maximum Gasteiger partial charge on any atom is 0.223 e. The summed E-state index contributed by atoms with van der Waals surface area (Å²) in [7, 11) is 0. The van der Waals surface area contributed by atoms with Crippen LogP contribution in [0.25, 0.3) is 0 Å². The fraction of sp³-hybridized carbons (Fsp3) is 0.611. The fourth-order valence-electron chi connectivity index (χ4n) is 3.04. The summed E-state index contributed by atoms with van der Waals surface area (Å²) >= 11 is 0. The van der Waals surface area contributed by atoms with E-state index in [1.54, 1.807) is 0 Å². The van der Waals surface area contributed by atoms with Gasteiger partial charge in [-0.15, -0.1) is 0 Å². The van der Waals surface area contributed by atoms with Crippen LogP contribution in [0.3, 0.4) is 0 Å². The number of hydrogen-bond donors (Lipinski definition) is 2. The van der Waals surface area contributed by atoms with Gasteiger partial charge in [-0.1, -0.05) is 58.0 Å². The first-order valence-corrected chi connectivity index (χ1v) is 8.03. The Kier molecular flexibility index (Phi) is 5.04. The number of carbonyl (C=O) groups is 1. The first-order valence-electron chi connectivity index (χ1n) is 8.03. The second-order valence-corrected chi connectivity index (χ2v) is 6.76. The van der Waals surface area contributed by atoms with Crippen LogP contribution in [-0.2, 0) is 10.2 Å². The maximum atomic E-state index is 12.5. The highest BCUT2D eigenvalue weighted by atomic mass is 16.2. The average molecular weight is 288 g/mol. The smallest absolute Gasteiger partial charge is 0.223 e. The number of hydrogen-bond acceptors (Lipinski definition) is 2. The third-order valence-electron chi connectivity index (χ3n) is 5.05. The molecule has 1 heterocycles. The van der Waals surface area contributed by atoms with Gasteiger partial charge in [0, 0.05) is 17.4 Å². The third kappa shape index (κ3) is 3.46. The molecule has 1 saturated heterocycles. The van der Waals surface area contributed by atoms with Crippen molar-refractivity contribution in [3.8, 4) is 0 Å². The van der Waals surface area contributed by atoms with E-state index in [1.165, 1.54) is 5.56 Å². The summed E-state index contributed by atoms with van der Waals surface area (Å²) in [6.45, 7) is 10.5. The van der Waals surface area contributed by atoms with Gasteiger partial charge in [0.1, 0.15) is 0 Å². The lowest BCUT2D eigenvalue weighted by molar-refractivity contribution is -0.127. The summed E-state index contributed by atoms with van der Waals surface area (Å²) in [4.78, 5) is 12.5. The summed E-state index contributed by atoms with van der Waals surface area (Å²) < 4.78 is 0. The highest BCUT2D eigenvalue weighted by molar-refractivity contribution is 5.79. The van der Waals surface area contributed by atoms with Gasteiger partial charge in [-0.2, -0.15) is 0 Å². The van der Waals surface area contributed by atoms with Crippen molar-refractivity contribution >= 4 is 5.91 Å². The normalized spacial score (nSPS) is 18.7. The zero-order valence-corrected chi connectivity index (χ0v) is 13.6. The van der Waals surface area contributed by atoms with Crippen molar-refractivity contribution in [2.24, 2.45) is 11.8 Å². The van der Waals surface area contributed by atoms with Gasteiger partial charge in [-0.25, -0.2) is 0 Å². The Bertz CT molecular complexity index is 465. The van der Waals surface area contributed by atoms with Gasteiger partial charge in [0.05, 0.1) is 0 Å². The van der Waals surface area contributed by atoms with E-state index in [0.717, 1.165) is 19.5 Å². The van der Waals surface area contributed by atoms with Crippen molar-refractivity contribution in [2.45, 2.75) is 45.6 Å². The van der Waals surface area contributed by atoms with Gasteiger partial charge in [0.25, 0.3) is 0 Å². The molecule has 2 N–H and O–H groups in total. The van der Waals surface area contributed by atoms with E-state index in [1.807, 2.05) is 13.0 Å². The molecule has 0 aliphatic carbocycles. The van der Waals surface area contributed by atoms with E-state index in [-0.39, 0.29) is 23.3 Å². The molecule has 1 amide bonds. The molecule has 1 fully saturated rings. The molecule has 2 unspecified atom stereocenters. The Labute approximate surface area is 128 Å². The summed E-state index contributed by atoms with van der Waals surface area (Å²) in [5, 5.41) is 6.53. The van der Waals surface area contributed by atoms with Gasteiger partial charge in [-0.05, 0) is 31.0 Å². The number of amides is 1. The molecule has 0 bridgehead atoms. The third-order valence-corrected chi connectivity index (χ3v) is 5.05.